The van der Waals surface area contributed by atoms with Gasteiger partial charge in [0.25, 0.3) is 0 Å². The topological polar surface area (TPSA) is 29.1 Å². The maximum absolute atomic E-state index is 12.4. The van der Waals surface area contributed by atoms with Crippen LogP contribution in [0.2, 0.25) is 5.02 Å². The van der Waals surface area contributed by atoms with Gasteiger partial charge in [0.1, 0.15) is 0 Å². The minimum Gasteiger partial charge on any atom is -0.312 e. The molecule has 2 unspecified atom stereocenters. The molecule has 0 saturated carbocycles. The lowest BCUT2D eigenvalue weighted by Crippen LogP contribution is -2.23. The highest BCUT2D eigenvalue weighted by molar-refractivity contribution is 7.84. The minimum atomic E-state index is -0.964. The van der Waals surface area contributed by atoms with Crippen LogP contribution < -0.4 is 5.32 Å². The molecular formula is C17H20ClNOS. The maximum Gasteiger partial charge on any atom is 0.0501 e. The third-order valence-electron chi connectivity index (χ3n) is 3.46. The van der Waals surface area contributed by atoms with Crippen LogP contribution in [0.25, 0.3) is 0 Å². The molecule has 4 heteroatoms. The lowest BCUT2D eigenvalue weighted by Gasteiger charge is -2.16. The fourth-order valence-electron chi connectivity index (χ4n) is 2.18. The van der Waals surface area contributed by atoms with Crippen molar-refractivity contribution in [3.05, 3.63) is 70.2 Å². The van der Waals surface area contributed by atoms with Crippen molar-refractivity contribution in [1.82, 2.24) is 5.32 Å². The van der Waals surface area contributed by atoms with Gasteiger partial charge in [0.2, 0.25) is 0 Å². The average Bonchev–Trinajstić information content (AvgIpc) is 2.48. The summed E-state index contributed by atoms with van der Waals surface area (Å²) in [5.74, 6) is 1.06. The molecule has 0 aliphatic carbocycles. The van der Waals surface area contributed by atoms with Crippen LogP contribution in [-0.4, -0.2) is 17.0 Å². The molecular weight excluding hydrogens is 302 g/mol. The molecule has 2 aromatic rings. The zero-order valence-corrected chi connectivity index (χ0v) is 13.9. The van der Waals surface area contributed by atoms with E-state index in [2.05, 4.69) is 36.5 Å². The van der Waals surface area contributed by atoms with Crippen molar-refractivity contribution in [2.24, 2.45) is 0 Å². The summed E-state index contributed by atoms with van der Waals surface area (Å²) in [6, 6.07) is 16.0. The highest BCUT2D eigenvalue weighted by atomic mass is 35.5. The predicted molar refractivity (Wildman–Crippen MR) is 91.1 cm³/mol. The highest BCUT2D eigenvalue weighted by Crippen LogP contribution is 2.20. The summed E-state index contributed by atoms with van der Waals surface area (Å²) in [6.45, 7) is 2.06. The van der Waals surface area contributed by atoms with Crippen LogP contribution in [0.5, 0.6) is 0 Å². The molecule has 0 saturated heterocycles. The van der Waals surface area contributed by atoms with Crippen LogP contribution in [0.1, 0.15) is 22.7 Å². The Bertz CT molecular complexity index is 612. The normalized spacial score (nSPS) is 13.9. The Morgan fingerprint density at radius 3 is 2.43 bits per heavy atom. The van der Waals surface area contributed by atoms with Gasteiger partial charge in [-0.15, -0.1) is 0 Å². The first-order valence-electron chi connectivity index (χ1n) is 6.92. The Morgan fingerprint density at radius 1 is 1.14 bits per heavy atom. The molecule has 2 nitrogen and oxygen atoms in total. The van der Waals surface area contributed by atoms with E-state index in [0.29, 0.717) is 16.5 Å². The number of halogens is 1. The fourth-order valence-corrected chi connectivity index (χ4v) is 3.91. The Morgan fingerprint density at radius 2 is 1.81 bits per heavy atom. The summed E-state index contributed by atoms with van der Waals surface area (Å²) in [6.07, 6.45) is 0. The highest BCUT2D eigenvalue weighted by Gasteiger charge is 2.14. The van der Waals surface area contributed by atoms with E-state index in [1.165, 1.54) is 5.56 Å². The van der Waals surface area contributed by atoms with Crippen LogP contribution in [0.4, 0.5) is 0 Å². The van der Waals surface area contributed by atoms with Crippen LogP contribution in [-0.2, 0) is 16.6 Å². The molecule has 0 radical (unpaired) electrons. The van der Waals surface area contributed by atoms with Crippen molar-refractivity contribution < 1.29 is 4.21 Å². The number of hydrogen-bond acceptors (Lipinski definition) is 2. The van der Waals surface area contributed by atoms with Crippen molar-refractivity contribution in [3.63, 3.8) is 0 Å². The fraction of sp³-hybridized carbons (Fsp3) is 0.294. The van der Waals surface area contributed by atoms with Gasteiger partial charge in [-0.1, -0.05) is 59.6 Å². The Balaban J connectivity index is 2.03. The van der Waals surface area contributed by atoms with Gasteiger partial charge >= 0.3 is 0 Å². The molecule has 1 N–H and O–H groups in total. The zero-order chi connectivity index (χ0) is 15.2. The second kappa shape index (κ2) is 7.74. The summed E-state index contributed by atoms with van der Waals surface area (Å²) in [7, 11) is 0.936. The molecule has 0 amide bonds. The third kappa shape index (κ3) is 4.67. The van der Waals surface area contributed by atoms with Gasteiger partial charge in [0.05, 0.1) is 5.75 Å². The standard InChI is InChI=1S/C17H20ClNOS/c1-13-7-9-14(10-8-13)17(19-2)12-21(20)11-15-5-3-4-6-16(15)18/h3-10,17,19H,11-12H2,1-2H3. The monoisotopic (exact) mass is 321 g/mol. The first-order chi connectivity index (χ1) is 10.1. The second-order valence-corrected chi connectivity index (χ2v) is 7.00. The predicted octanol–water partition coefficient (Wildman–Crippen LogP) is 3.86. The van der Waals surface area contributed by atoms with Gasteiger partial charge in [0, 0.05) is 27.6 Å². The first kappa shape index (κ1) is 16.2. The van der Waals surface area contributed by atoms with Crippen LogP contribution in [0.15, 0.2) is 48.5 Å². The Labute approximate surface area is 134 Å². The molecule has 112 valence electrons. The smallest absolute Gasteiger partial charge is 0.0501 e. The number of aryl methyl sites for hydroxylation is 1. The van der Waals surface area contributed by atoms with Gasteiger partial charge in [0.15, 0.2) is 0 Å². The number of benzene rings is 2. The van der Waals surface area contributed by atoms with E-state index >= 15 is 0 Å². The van der Waals surface area contributed by atoms with E-state index < -0.39 is 10.8 Å². The summed E-state index contributed by atoms with van der Waals surface area (Å²) in [5, 5.41) is 3.93. The molecule has 2 rings (SSSR count). The molecule has 21 heavy (non-hydrogen) atoms. The lowest BCUT2D eigenvalue weighted by molar-refractivity contribution is 0.635. The molecule has 0 aliphatic heterocycles. The third-order valence-corrected chi connectivity index (χ3v) is 5.16. The van der Waals surface area contributed by atoms with E-state index in [-0.39, 0.29) is 6.04 Å². The van der Waals surface area contributed by atoms with Gasteiger partial charge in [-0.05, 0) is 31.2 Å². The largest absolute Gasteiger partial charge is 0.312 e. The summed E-state index contributed by atoms with van der Waals surface area (Å²) in [5.41, 5.74) is 3.33. The quantitative estimate of drug-likeness (QED) is 0.875. The van der Waals surface area contributed by atoms with Crippen molar-refractivity contribution >= 4 is 22.4 Å². The SMILES string of the molecule is CNC(CS(=O)Cc1ccccc1Cl)c1ccc(C)cc1. The molecule has 0 bridgehead atoms. The molecule has 0 aliphatic rings. The Kier molecular flexibility index (Phi) is 5.97. The van der Waals surface area contributed by atoms with Gasteiger partial charge < -0.3 is 5.32 Å². The van der Waals surface area contributed by atoms with E-state index in [1.54, 1.807) is 0 Å². The molecule has 0 aromatic heterocycles. The average molecular weight is 322 g/mol. The zero-order valence-electron chi connectivity index (χ0n) is 12.3. The van der Waals surface area contributed by atoms with Crippen molar-refractivity contribution in [1.29, 1.82) is 0 Å². The molecule has 2 aromatic carbocycles. The lowest BCUT2D eigenvalue weighted by atomic mass is 10.1. The van der Waals surface area contributed by atoms with Crippen LogP contribution in [0, 0.1) is 6.92 Å². The molecule has 0 fully saturated rings. The van der Waals surface area contributed by atoms with Gasteiger partial charge in [-0.2, -0.15) is 0 Å². The second-order valence-electron chi connectivity index (χ2n) is 5.09. The van der Waals surface area contributed by atoms with Crippen molar-refractivity contribution in [3.8, 4) is 0 Å². The van der Waals surface area contributed by atoms with Gasteiger partial charge in [-0.25, -0.2) is 0 Å². The summed E-state index contributed by atoms with van der Waals surface area (Å²) < 4.78 is 12.4. The summed E-state index contributed by atoms with van der Waals surface area (Å²) in [4.78, 5) is 0. The Hall–Kier alpha value is -1.16. The maximum atomic E-state index is 12.4. The van der Waals surface area contributed by atoms with E-state index in [9.17, 15) is 4.21 Å². The first-order valence-corrected chi connectivity index (χ1v) is 8.79. The van der Waals surface area contributed by atoms with E-state index in [1.807, 2.05) is 31.3 Å². The van der Waals surface area contributed by atoms with E-state index in [0.717, 1.165) is 11.1 Å². The van der Waals surface area contributed by atoms with Crippen LogP contribution >= 0.6 is 11.6 Å². The molecule has 0 spiro atoms. The van der Waals surface area contributed by atoms with Crippen molar-refractivity contribution in [2.45, 2.75) is 18.7 Å². The van der Waals surface area contributed by atoms with Gasteiger partial charge in [-0.3, -0.25) is 4.21 Å². The molecule has 0 heterocycles. The van der Waals surface area contributed by atoms with Crippen molar-refractivity contribution in [2.75, 3.05) is 12.8 Å². The van der Waals surface area contributed by atoms with E-state index in [4.69, 9.17) is 11.6 Å². The number of hydrogen-bond donors (Lipinski definition) is 1. The summed E-state index contributed by atoms with van der Waals surface area (Å²) >= 11 is 6.12. The number of nitrogens with one attached hydrogen (secondary N) is 1. The minimum absolute atomic E-state index is 0.0916. The number of rotatable bonds is 6. The molecule has 2 atom stereocenters. The van der Waals surface area contributed by atoms with Crippen LogP contribution in [0.3, 0.4) is 0 Å².